The molecular formula is C61H116N2O7P+. The maximum absolute atomic E-state index is 13.5. The van der Waals surface area contributed by atoms with Crippen LogP contribution in [0.2, 0.25) is 0 Å². The number of rotatable bonds is 54. The molecule has 0 radical (unpaired) electrons. The standard InChI is InChI=1S/C61H115N2O7P/c1-7-10-13-16-19-22-25-28-30-31-33-35-38-41-44-47-50-53-60(64)62-58(57-69-71(66,67)68-56-55-63(4,5)6)59(52-49-46-43-40-37-34-27-24-21-18-15-12-9-3)70-61(65)54-51-48-45-42-39-36-32-29-26-23-20-17-14-11-8-2/h19,22-23,26,28,30,49,52,58-59H,7-18,20-21,24-25,27,29,31-48,50-51,53-57H2,1-6H3,(H-,62,64,66,67)/p+1/b22-19-,26-23-,30-28-,52-49+. The first-order valence-electron chi connectivity index (χ1n) is 30.0. The molecule has 0 bridgehead atoms. The van der Waals surface area contributed by atoms with Crippen LogP contribution in [0.5, 0.6) is 0 Å². The number of amides is 1. The highest BCUT2D eigenvalue weighted by Crippen LogP contribution is 2.43. The van der Waals surface area contributed by atoms with Gasteiger partial charge in [0.1, 0.15) is 19.3 Å². The number of phosphoric acid groups is 1. The summed E-state index contributed by atoms with van der Waals surface area (Å²) in [6, 6.07) is -0.853. The Hall–Kier alpha value is -2.03. The Bertz CT molecular complexity index is 1360. The van der Waals surface area contributed by atoms with Crippen molar-refractivity contribution in [2.24, 2.45) is 0 Å². The second-order valence-electron chi connectivity index (χ2n) is 21.5. The fourth-order valence-electron chi connectivity index (χ4n) is 8.55. The molecule has 0 heterocycles. The van der Waals surface area contributed by atoms with Crippen LogP contribution in [0.15, 0.2) is 48.6 Å². The van der Waals surface area contributed by atoms with Gasteiger partial charge in [-0.15, -0.1) is 0 Å². The summed E-state index contributed by atoms with van der Waals surface area (Å²) in [6.45, 7) is 6.98. The molecule has 1 amide bonds. The zero-order valence-corrected chi connectivity index (χ0v) is 48.4. The third kappa shape index (κ3) is 52.6. The summed E-state index contributed by atoms with van der Waals surface area (Å²) in [7, 11) is 1.49. The van der Waals surface area contributed by atoms with Gasteiger partial charge >= 0.3 is 13.8 Å². The molecule has 0 fully saturated rings. The highest BCUT2D eigenvalue weighted by Gasteiger charge is 2.30. The number of ether oxygens (including phenoxy) is 1. The molecule has 2 N–H and O–H groups in total. The molecule has 0 saturated heterocycles. The first kappa shape index (κ1) is 69.0. The van der Waals surface area contributed by atoms with E-state index in [9.17, 15) is 19.0 Å². The minimum atomic E-state index is -4.45. The van der Waals surface area contributed by atoms with Crippen LogP contribution in [-0.2, 0) is 27.9 Å². The molecule has 0 rings (SSSR count). The summed E-state index contributed by atoms with van der Waals surface area (Å²) in [5.41, 5.74) is 0. The molecule has 0 saturated carbocycles. The average molecular weight is 1020 g/mol. The molecule has 3 unspecified atom stereocenters. The Morgan fingerprint density at radius 3 is 1.32 bits per heavy atom. The second kappa shape index (κ2) is 51.5. The van der Waals surface area contributed by atoms with E-state index >= 15 is 0 Å². The first-order chi connectivity index (χ1) is 34.4. The van der Waals surface area contributed by atoms with Crippen LogP contribution in [0.3, 0.4) is 0 Å². The second-order valence-corrected chi connectivity index (χ2v) is 23.0. The predicted octanol–water partition coefficient (Wildman–Crippen LogP) is 18.1. The van der Waals surface area contributed by atoms with Gasteiger partial charge in [-0.3, -0.25) is 18.6 Å². The van der Waals surface area contributed by atoms with Crippen LogP contribution in [0, 0.1) is 0 Å². The maximum atomic E-state index is 13.5. The highest BCUT2D eigenvalue weighted by molar-refractivity contribution is 7.47. The summed E-state index contributed by atoms with van der Waals surface area (Å²) < 4.78 is 30.7. The molecule has 0 aliphatic heterocycles. The number of likely N-dealkylation sites (N-methyl/N-ethyl adjacent to an activating group) is 1. The Morgan fingerprint density at radius 1 is 0.493 bits per heavy atom. The summed E-state index contributed by atoms with van der Waals surface area (Å²) in [6.07, 6.45) is 62.3. The SMILES string of the molecule is CCCCC/C=C\C/C=C\CCCCCCCCCC(=O)NC(COP(=O)(O)OCC[N+](C)(C)C)C(/C=C/CCCCCCCCCCCCC)OC(=O)CCCCCCCCC/C=C\CCCCCC. The number of carbonyl (C=O) groups excluding carboxylic acids is 2. The number of phosphoric ester groups is 1. The smallest absolute Gasteiger partial charge is 0.456 e. The average Bonchev–Trinajstić information content (AvgIpc) is 3.33. The van der Waals surface area contributed by atoms with Gasteiger partial charge in [0.05, 0.1) is 33.8 Å². The van der Waals surface area contributed by atoms with Crippen molar-refractivity contribution >= 4 is 19.7 Å². The van der Waals surface area contributed by atoms with Gasteiger partial charge in [0.2, 0.25) is 5.91 Å². The minimum absolute atomic E-state index is 0.0380. The molecule has 71 heavy (non-hydrogen) atoms. The van der Waals surface area contributed by atoms with Gasteiger partial charge in [-0.2, -0.15) is 0 Å². The number of allylic oxidation sites excluding steroid dienone is 7. The van der Waals surface area contributed by atoms with Gasteiger partial charge < -0.3 is 19.4 Å². The lowest BCUT2D eigenvalue weighted by Crippen LogP contribution is -2.47. The third-order valence-electron chi connectivity index (χ3n) is 13.2. The van der Waals surface area contributed by atoms with Crippen molar-refractivity contribution in [3.8, 4) is 0 Å². The van der Waals surface area contributed by atoms with E-state index in [2.05, 4.69) is 62.5 Å². The van der Waals surface area contributed by atoms with Crippen molar-refractivity contribution in [2.75, 3.05) is 40.9 Å². The number of quaternary nitrogens is 1. The van der Waals surface area contributed by atoms with Gasteiger partial charge in [-0.05, 0) is 89.5 Å². The monoisotopic (exact) mass is 1020 g/mol. The van der Waals surface area contributed by atoms with Crippen LogP contribution in [0.4, 0.5) is 0 Å². The molecule has 0 aliphatic rings. The summed E-state index contributed by atoms with van der Waals surface area (Å²) in [5.74, 6) is -0.513. The zero-order chi connectivity index (χ0) is 52.2. The van der Waals surface area contributed by atoms with Gasteiger partial charge in [0.15, 0.2) is 0 Å². The number of esters is 1. The van der Waals surface area contributed by atoms with Crippen LogP contribution in [-0.4, -0.2) is 74.3 Å². The molecule has 0 aromatic heterocycles. The normalized spacial score (nSPS) is 14.1. The number of hydrogen-bond donors (Lipinski definition) is 2. The predicted molar refractivity (Wildman–Crippen MR) is 305 cm³/mol. The van der Waals surface area contributed by atoms with Crippen molar-refractivity contribution in [1.29, 1.82) is 0 Å². The molecule has 0 aromatic carbocycles. The van der Waals surface area contributed by atoms with Crippen molar-refractivity contribution < 1.29 is 37.3 Å². The first-order valence-corrected chi connectivity index (χ1v) is 31.5. The van der Waals surface area contributed by atoms with E-state index in [1.807, 2.05) is 33.3 Å². The number of carbonyl (C=O) groups is 2. The van der Waals surface area contributed by atoms with Crippen molar-refractivity contribution in [3.63, 3.8) is 0 Å². The van der Waals surface area contributed by atoms with Crippen LogP contribution in [0.25, 0.3) is 0 Å². The third-order valence-corrected chi connectivity index (χ3v) is 14.2. The molecule has 9 nitrogen and oxygen atoms in total. The summed E-state index contributed by atoms with van der Waals surface area (Å²) in [4.78, 5) is 37.6. The van der Waals surface area contributed by atoms with Crippen LogP contribution in [0.1, 0.15) is 278 Å². The minimum Gasteiger partial charge on any atom is -0.456 e. The fraction of sp³-hybridized carbons (Fsp3) is 0.836. The Balaban J connectivity index is 5.35. The van der Waals surface area contributed by atoms with E-state index in [1.54, 1.807) is 0 Å². The number of nitrogens with one attached hydrogen (secondary N) is 1. The number of hydrogen-bond acceptors (Lipinski definition) is 6. The largest absolute Gasteiger partial charge is 0.472 e. The quantitative estimate of drug-likeness (QED) is 0.0205. The van der Waals surface area contributed by atoms with Gasteiger partial charge in [0.25, 0.3) is 0 Å². The lowest BCUT2D eigenvalue weighted by Gasteiger charge is -2.27. The Morgan fingerprint density at radius 2 is 0.859 bits per heavy atom. The number of nitrogens with zero attached hydrogens (tertiary/aromatic N) is 1. The maximum Gasteiger partial charge on any atom is 0.472 e. The van der Waals surface area contributed by atoms with E-state index in [4.69, 9.17) is 13.8 Å². The van der Waals surface area contributed by atoms with Crippen LogP contribution < -0.4 is 5.32 Å². The van der Waals surface area contributed by atoms with Crippen molar-refractivity contribution in [3.05, 3.63) is 48.6 Å². The van der Waals surface area contributed by atoms with E-state index in [-0.39, 0.29) is 31.5 Å². The molecule has 0 aliphatic carbocycles. The van der Waals surface area contributed by atoms with Gasteiger partial charge in [0, 0.05) is 12.8 Å². The van der Waals surface area contributed by atoms with Gasteiger partial charge in [-0.25, -0.2) is 4.57 Å². The molecule has 3 atom stereocenters. The highest BCUT2D eigenvalue weighted by atomic mass is 31.2. The fourth-order valence-corrected chi connectivity index (χ4v) is 9.29. The topological polar surface area (TPSA) is 111 Å². The molecule has 10 heteroatoms. The lowest BCUT2D eigenvalue weighted by atomic mass is 10.0. The number of unbranched alkanes of at least 4 members (excludes halogenated alkanes) is 32. The van der Waals surface area contributed by atoms with Gasteiger partial charge in [-0.1, -0.05) is 224 Å². The molecule has 0 spiro atoms. The van der Waals surface area contributed by atoms with Crippen molar-refractivity contribution in [1.82, 2.24) is 5.32 Å². The van der Waals surface area contributed by atoms with E-state index < -0.39 is 20.0 Å². The van der Waals surface area contributed by atoms with Crippen LogP contribution >= 0.6 is 7.82 Å². The van der Waals surface area contributed by atoms with Crippen molar-refractivity contribution in [2.45, 2.75) is 290 Å². The van der Waals surface area contributed by atoms with E-state index in [0.29, 0.717) is 17.4 Å². The summed E-state index contributed by atoms with van der Waals surface area (Å²) >= 11 is 0. The van der Waals surface area contributed by atoms with E-state index in [0.717, 1.165) is 83.5 Å². The Kier molecular flexibility index (Phi) is 50.0. The summed E-state index contributed by atoms with van der Waals surface area (Å²) in [5, 5.41) is 3.05. The molecule has 0 aromatic rings. The van der Waals surface area contributed by atoms with E-state index in [1.165, 1.54) is 161 Å². The zero-order valence-electron chi connectivity index (χ0n) is 47.5. The molecule has 416 valence electrons. The Labute approximate surface area is 439 Å². The lowest BCUT2D eigenvalue weighted by molar-refractivity contribution is -0.870. The molecular weight excluding hydrogens is 904 g/mol.